The van der Waals surface area contributed by atoms with Crippen molar-refractivity contribution in [3.63, 3.8) is 0 Å². The molecule has 0 saturated heterocycles. The van der Waals surface area contributed by atoms with Crippen LogP contribution in [0.25, 0.3) is 0 Å². The Balaban J connectivity index is 1.57. The molecular weight excluding hydrogens is 350 g/mol. The van der Waals surface area contributed by atoms with E-state index in [1.165, 1.54) is 10.4 Å². The number of amides is 1. The number of methoxy groups -OCH3 is 1. The van der Waals surface area contributed by atoms with Gasteiger partial charge in [-0.05, 0) is 48.4 Å². The van der Waals surface area contributed by atoms with Crippen molar-refractivity contribution in [2.45, 2.75) is 25.7 Å². The fourth-order valence-electron chi connectivity index (χ4n) is 3.28. The Morgan fingerprint density at radius 1 is 1.35 bits per heavy atom. The van der Waals surface area contributed by atoms with Gasteiger partial charge in [0.1, 0.15) is 5.75 Å². The van der Waals surface area contributed by atoms with E-state index in [0.717, 1.165) is 12.0 Å². The number of aliphatic carboxylic acids is 1. The van der Waals surface area contributed by atoms with E-state index in [1.54, 1.807) is 18.4 Å². The molecule has 3 unspecified atom stereocenters. The lowest BCUT2D eigenvalue weighted by molar-refractivity contribution is -0.141. The number of aryl methyl sites for hydroxylation is 1. The van der Waals surface area contributed by atoms with Crippen molar-refractivity contribution >= 4 is 23.2 Å². The van der Waals surface area contributed by atoms with Gasteiger partial charge in [-0.2, -0.15) is 0 Å². The number of rotatable bonds is 8. The van der Waals surface area contributed by atoms with Gasteiger partial charge in [-0.1, -0.05) is 18.2 Å². The molecule has 0 aliphatic heterocycles. The minimum absolute atomic E-state index is 0.0342. The summed E-state index contributed by atoms with van der Waals surface area (Å²) in [5, 5.41) is 14.4. The minimum atomic E-state index is -0.919. The summed E-state index contributed by atoms with van der Waals surface area (Å²) in [7, 11) is 1.57. The molecule has 1 aromatic carbocycles. The predicted octanol–water partition coefficient (Wildman–Crippen LogP) is 3.23. The Hall–Kier alpha value is -2.34. The molecule has 1 amide bonds. The van der Waals surface area contributed by atoms with Gasteiger partial charge in [-0.25, -0.2) is 0 Å². The largest absolute Gasteiger partial charge is 0.496 e. The van der Waals surface area contributed by atoms with Gasteiger partial charge in [0.2, 0.25) is 5.91 Å². The summed E-state index contributed by atoms with van der Waals surface area (Å²) < 4.78 is 5.29. The maximum absolute atomic E-state index is 12.4. The van der Waals surface area contributed by atoms with Crippen LogP contribution >= 0.6 is 11.3 Å². The van der Waals surface area contributed by atoms with Crippen molar-refractivity contribution in [3.05, 3.63) is 51.7 Å². The maximum Gasteiger partial charge on any atom is 0.308 e. The molecule has 1 fully saturated rings. The van der Waals surface area contributed by atoms with E-state index in [4.69, 9.17) is 4.74 Å². The lowest BCUT2D eigenvalue weighted by atomic mass is 9.98. The molecule has 5 nitrogen and oxygen atoms in total. The molecule has 1 aliphatic rings. The van der Waals surface area contributed by atoms with Crippen LogP contribution in [0.2, 0.25) is 0 Å². The van der Waals surface area contributed by atoms with Crippen LogP contribution in [0.4, 0.5) is 0 Å². The highest BCUT2D eigenvalue weighted by Gasteiger charge is 2.45. The quantitative estimate of drug-likeness (QED) is 0.745. The predicted molar refractivity (Wildman–Crippen MR) is 101 cm³/mol. The fraction of sp³-hybridized carbons (Fsp3) is 0.400. The first-order valence-corrected chi connectivity index (χ1v) is 9.55. The fourth-order valence-corrected chi connectivity index (χ4v) is 4.39. The van der Waals surface area contributed by atoms with Crippen LogP contribution in [0.5, 0.6) is 5.75 Å². The van der Waals surface area contributed by atoms with Crippen molar-refractivity contribution in [3.8, 4) is 5.75 Å². The monoisotopic (exact) mass is 373 g/mol. The van der Waals surface area contributed by atoms with E-state index in [2.05, 4.69) is 18.3 Å². The van der Waals surface area contributed by atoms with Crippen LogP contribution in [-0.2, 0) is 16.0 Å². The summed E-state index contributed by atoms with van der Waals surface area (Å²) in [5.74, 6) is -0.733. The number of carbonyl (C=O) groups is 2. The van der Waals surface area contributed by atoms with Crippen molar-refractivity contribution in [1.82, 2.24) is 5.32 Å². The highest BCUT2D eigenvalue weighted by atomic mass is 32.1. The summed E-state index contributed by atoms with van der Waals surface area (Å²) >= 11 is 1.69. The molecule has 0 radical (unpaired) electrons. The third-order valence-corrected chi connectivity index (χ3v) is 6.05. The number of benzene rings is 1. The molecule has 3 atom stereocenters. The normalized spacial score (nSPS) is 19.6. The summed E-state index contributed by atoms with van der Waals surface area (Å²) in [5.41, 5.74) is 2.06. The topological polar surface area (TPSA) is 75.6 Å². The highest BCUT2D eigenvalue weighted by molar-refractivity contribution is 7.10. The minimum Gasteiger partial charge on any atom is -0.496 e. The molecule has 2 N–H and O–H groups in total. The Labute approximate surface area is 157 Å². The average molecular weight is 373 g/mol. The number of nitrogens with one attached hydrogen (secondary N) is 1. The molecule has 1 aliphatic carbocycles. The van der Waals surface area contributed by atoms with Gasteiger partial charge in [0, 0.05) is 23.3 Å². The summed E-state index contributed by atoms with van der Waals surface area (Å²) in [6, 6.07) is 9.44. The number of carboxylic acid groups (broad SMARTS) is 1. The van der Waals surface area contributed by atoms with Gasteiger partial charge in [-0.3, -0.25) is 9.59 Å². The van der Waals surface area contributed by atoms with Gasteiger partial charge in [0.15, 0.2) is 0 Å². The number of hydrogen-bond acceptors (Lipinski definition) is 4. The molecule has 0 bridgehead atoms. The van der Waals surface area contributed by atoms with Crippen molar-refractivity contribution < 1.29 is 19.4 Å². The summed E-state index contributed by atoms with van der Waals surface area (Å²) in [4.78, 5) is 25.3. The lowest BCUT2D eigenvalue weighted by Gasteiger charge is -2.15. The summed E-state index contributed by atoms with van der Waals surface area (Å²) in [6.45, 7) is 2.19. The Kier molecular flexibility index (Phi) is 5.61. The molecule has 3 rings (SSSR count). The first kappa shape index (κ1) is 18.5. The highest BCUT2D eigenvalue weighted by Crippen LogP contribution is 2.50. The van der Waals surface area contributed by atoms with E-state index in [9.17, 15) is 14.7 Å². The molecule has 6 heteroatoms. The number of carbonyl (C=O) groups excluding carboxylic acids is 1. The second-order valence-electron chi connectivity index (χ2n) is 6.71. The van der Waals surface area contributed by atoms with Crippen molar-refractivity contribution in [1.29, 1.82) is 0 Å². The number of ether oxygens (including phenoxy) is 1. The second kappa shape index (κ2) is 7.91. The van der Waals surface area contributed by atoms with Crippen LogP contribution < -0.4 is 10.1 Å². The van der Waals surface area contributed by atoms with E-state index in [-0.39, 0.29) is 24.3 Å². The Morgan fingerprint density at radius 3 is 2.77 bits per heavy atom. The third-order valence-electron chi connectivity index (χ3n) is 4.90. The summed E-state index contributed by atoms with van der Waals surface area (Å²) in [6.07, 6.45) is 1.16. The van der Waals surface area contributed by atoms with Crippen LogP contribution in [0, 0.1) is 18.8 Å². The van der Waals surface area contributed by atoms with Crippen molar-refractivity contribution in [2.75, 3.05) is 13.7 Å². The van der Waals surface area contributed by atoms with Crippen LogP contribution in [-0.4, -0.2) is 30.6 Å². The van der Waals surface area contributed by atoms with Gasteiger partial charge in [-0.15, -0.1) is 11.3 Å². The molecule has 26 heavy (non-hydrogen) atoms. The molecular formula is C20H23NO4S. The van der Waals surface area contributed by atoms with Gasteiger partial charge in [0.25, 0.3) is 0 Å². The lowest BCUT2D eigenvalue weighted by Crippen LogP contribution is -2.35. The molecule has 138 valence electrons. The zero-order chi connectivity index (χ0) is 18.7. The van der Waals surface area contributed by atoms with Gasteiger partial charge in [0.05, 0.1) is 13.0 Å². The average Bonchev–Trinajstić information content (AvgIpc) is 3.32. The van der Waals surface area contributed by atoms with E-state index >= 15 is 0 Å². The van der Waals surface area contributed by atoms with Crippen LogP contribution in [0.3, 0.4) is 0 Å². The second-order valence-corrected chi connectivity index (χ2v) is 7.66. The van der Waals surface area contributed by atoms with E-state index in [0.29, 0.717) is 12.2 Å². The zero-order valence-corrected chi connectivity index (χ0v) is 15.7. The smallest absolute Gasteiger partial charge is 0.308 e. The first-order valence-electron chi connectivity index (χ1n) is 8.67. The van der Waals surface area contributed by atoms with Gasteiger partial charge < -0.3 is 15.2 Å². The molecule has 0 spiro atoms. The maximum atomic E-state index is 12.4. The number of hydrogen-bond donors (Lipinski definition) is 2. The number of carboxylic acids is 1. The van der Waals surface area contributed by atoms with Crippen LogP contribution in [0.15, 0.2) is 35.7 Å². The zero-order valence-electron chi connectivity index (χ0n) is 14.9. The van der Waals surface area contributed by atoms with Gasteiger partial charge >= 0.3 is 5.97 Å². The first-order chi connectivity index (χ1) is 12.5. The molecule has 2 aromatic rings. The molecule has 1 heterocycles. The Bertz CT molecular complexity index is 801. The number of para-hydroxylation sites is 1. The SMILES string of the molecule is COc1ccccc1CC(CNC(=O)C1CC1c1sccc1C)C(=O)O. The van der Waals surface area contributed by atoms with Crippen LogP contribution in [0.1, 0.15) is 28.3 Å². The van der Waals surface area contributed by atoms with E-state index in [1.807, 2.05) is 29.6 Å². The Morgan fingerprint density at radius 2 is 2.12 bits per heavy atom. The van der Waals surface area contributed by atoms with Crippen molar-refractivity contribution in [2.24, 2.45) is 11.8 Å². The van der Waals surface area contributed by atoms with E-state index < -0.39 is 11.9 Å². The molecule has 1 aromatic heterocycles. The standard InChI is InChI=1S/C20H23NO4S/c1-12-7-8-26-18(12)15-10-16(15)19(22)21-11-14(20(23)24)9-13-5-3-4-6-17(13)25-2/h3-8,14-16H,9-11H2,1-2H3,(H,21,22)(H,23,24). The number of thiophene rings is 1. The molecule has 1 saturated carbocycles. The third kappa shape index (κ3) is 4.07.